The number of hydrogen-bond acceptors (Lipinski definition) is 3. The van der Waals surface area contributed by atoms with Crippen molar-refractivity contribution >= 4 is 15.9 Å². The van der Waals surface area contributed by atoms with E-state index in [-0.39, 0.29) is 16.9 Å². The van der Waals surface area contributed by atoms with Crippen LogP contribution in [-0.2, 0) is 6.61 Å². The number of nitrogens with zero attached hydrogens (tertiary/aromatic N) is 1. The Balaban J connectivity index is 2.18. The highest BCUT2D eigenvalue weighted by atomic mass is 79.9. The lowest BCUT2D eigenvalue weighted by atomic mass is 10.0. The second kappa shape index (κ2) is 5.98. The van der Waals surface area contributed by atoms with Gasteiger partial charge in [-0.1, -0.05) is 39.3 Å². The van der Waals surface area contributed by atoms with E-state index in [0.29, 0.717) is 11.3 Å². The monoisotopic (exact) mass is 365 g/mol. The summed E-state index contributed by atoms with van der Waals surface area (Å²) >= 11 is 3.32. The molecule has 0 spiro atoms. The van der Waals surface area contributed by atoms with E-state index < -0.39 is 18.2 Å². The fraction of sp³-hybridized carbons (Fsp3) is 0.0625. The standard InChI is InChI=1S/C16H10BrF2NO2/c17-10-6-4-9(5-7-10)15-11(8-21)16(22-20-15)14-12(18)2-1-3-13(14)19/h1-7,21H,8H2. The molecule has 1 aromatic heterocycles. The van der Waals surface area contributed by atoms with Crippen LogP contribution in [0.4, 0.5) is 8.78 Å². The number of aliphatic hydroxyl groups is 1. The molecule has 0 bridgehead atoms. The van der Waals surface area contributed by atoms with Gasteiger partial charge in [-0.15, -0.1) is 0 Å². The summed E-state index contributed by atoms with van der Waals surface area (Å²) in [7, 11) is 0. The summed E-state index contributed by atoms with van der Waals surface area (Å²) in [6.07, 6.45) is 0. The van der Waals surface area contributed by atoms with Gasteiger partial charge in [-0.2, -0.15) is 0 Å². The van der Waals surface area contributed by atoms with Gasteiger partial charge in [0.25, 0.3) is 0 Å². The highest BCUT2D eigenvalue weighted by Gasteiger charge is 2.23. The van der Waals surface area contributed by atoms with Crippen LogP contribution in [0.2, 0.25) is 0 Å². The van der Waals surface area contributed by atoms with Crippen molar-refractivity contribution in [2.24, 2.45) is 0 Å². The van der Waals surface area contributed by atoms with E-state index in [1.165, 1.54) is 6.07 Å². The Hall–Kier alpha value is -2.05. The lowest BCUT2D eigenvalue weighted by Crippen LogP contribution is -1.93. The smallest absolute Gasteiger partial charge is 0.178 e. The summed E-state index contributed by atoms with van der Waals surface area (Å²) in [5.41, 5.74) is 0.945. The van der Waals surface area contributed by atoms with Crippen molar-refractivity contribution in [3.63, 3.8) is 0 Å². The molecule has 3 aromatic rings. The van der Waals surface area contributed by atoms with Gasteiger partial charge in [-0.3, -0.25) is 0 Å². The minimum Gasteiger partial charge on any atom is -0.391 e. The van der Waals surface area contributed by atoms with E-state index in [9.17, 15) is 13.9 Å². The third-order valence-electron chi connectivity index (χ3n) is 3.25. The van der Waals surface area contributed by atoms with Crippen LogP contribution in [0.15, 0.2) is 51.5 Å². The molecular weight excluding hydrogens is 356 g/mol. The molecule has 0 amide bonds. The molecule has 22 heavy (non-hydrogen) atoms. The Bertz CT molecular complexity index is 795. The summed E-state index contributed by atoms with van der Waals surface area (Å²) < 4.78 is 33.8. The first kappa shape index (κ1) is 14.9. The summed E-state index contributed by atoms with van der Waals surface area (Å²) in [5, 5.41) is 13.5. The maximum atomic E-state index is 13.9. The molecule has 0 radical (unpaired) electrons. The number of halogens is 3. The zero-order chi connectivity index (χ0) is 15.7. The maximum Gasteiger partial charge on any atom is 0.178 e. The molecule has 3 nitrogen and oxygen atoms in total. The molecular formula is C16H10BrF2NO2. The van der Waals surface area contributed by atoms with Crippen LogP contribution in [0.25, 0.3) is 22.6 Å². The van der Waals surface area contributed by atoms with E-state index in [1.807, 2.05) is 0 Å². The number of hydrogen-bond donors (Lipinski definition) is 1. The lowest BCUT2D eigenvalue weighted by Gasteiger charge is -2.04. The van der Waals surface area contributed by atoms with E-state index in [1.54, 1.807) is 24.3 Å². The maximum absolute atomic E-state index is 13.9. The first-order valence-corrected chi connectivity index (χ1v) is 7.21. The predicted octanol–water partition coefficient (Wildman–Crippen LogP) is 4.54. The topological polar surface area (TPSA) is 46.3 Å². The first-order valence-electron chi connectivity index (χ1n) is 6.41. The molecule has 0 saturated heterocycles. The van der Waals surface area contributed by atoms with Crippen LogP contribution >= 0.6 is 15.9 Å². The van der Waals surface area contributed by atoms with Crippen LogP contribution in [0.1, 0.15) is 5.56 Å². The number of rotatable bonds is 3. The van der Waals surface area contributed by atoms with E-state index in [4.69, 9.17) is 4.52 Å². The molecule has 2 aromatic carbocycles. The van der Waals surface area contributed by atoms with Crippen molar-refractivity contribution < 1.29 is 18.4 Å². The van der Waals surface area contributed by atoms with E-state index in [2.05, 4.69) is 21.1 Å². The largest absolute Gasteiger partial charge is 0.391 e. The van der Waals surface area contributed by atoms with E-state index >= 15 is 0 Å². The molecule has 3 rings (SSSR count). The summed E-state index contributed by atoms with van der Waals surface area (Å²) in [5.74, 6) is -1.64. The van der Waals surface area contributed by atoms with Gasteiger partial charge in [-0.05, 0) is 24.3 Å². The van der Waals surface area contributed by atoms with Crippen molar-refractivity contribution in [1.82, 2.24) is 5.16 Å². The van der Waals surface area contributed by atoms with Crippen LogP contribution in [0.3, 0.4) is 0 Å². The van der Waals surface area contributed by atoms with Crippen molar-refractivity contribution in [3.05, 3.63) is 64.1 Å². The van der Waals surface area contributed by atoms with Gasteiger partial charge in [0, 0.05) is 10.0 Å². The Morgan fingerprint density at radius 3 is 2.27 bits per heavy atom. The molecule has 1 N–H and O–H groups in total. The number of aliphatic hydroxyl groups excluding tert-OH is 1. The van der Waals surface area contributed by atoms with Crippen LogP contribution in [-0.4, -0.2) is 10.3 Å². The normalized spacial score (nSPS) is 10.9. The van der Waals surface area contributed by atoms with Gasteiger partial charge in [0.15, 0.2) is 5.76 Å². The number of aromatic nitrogens is 1. The Kier molecular flexibility index (Phi) is 4.04. The quantitative estimate of drug-likeness (QED) is 0.740. The molecule has 0 unspecified atom stereocenters. The van der Waals surface area contributed by atoms with Crippen molar-refractivity contribution in [1.29, 1.82) is 0 Å². The highest BCUT2D eigenvalue weighted by Crippen LogP contribution is 2.35. The predicted molar refractivity (Wildman–Crippen MR) is 80.9 cm³/mol. The van der Waals surface area contributed by atoms with Gasteiger partial charge in [0.2, 0.25) is 0 Å². The average molecular weight is 366 g/mol. The lowest BCUT2D eigenvalue weighted by molar-refractivity contribution is 0.281. The zero-order valence-electron chi connectivity index (χ0n) is 11.2. The van der Waals surface area contributed by atoms with Crippen molar-refractivity contribution in [2.75, 3.05) is 0 Å². The van der Waals surface area contributed by atoms with Gasteiger partial charge in [-0.25, -0.2) is 8.78 Å². The van der Waals surface area contributed by atoms with Crippen LogP contribution in [0, 0.1) is 11.6 Å². The third kappa shape index (κ3) is 2.55. The van der Waals surface area contributed by atoms with Gasteiger partial charge in [0.1, 0.15) is 17.3 Å². The Morgan fingerprint density at radius 2 is 1.68 bits per heavy atom. The number of benzene rings is 2. The molecule has 0 atom stereocenters. The second-order valence-corrected chi connectivity index (χ2v) is 5.52. The Labute approximate surface area is 133 Å². The van der Waals surface area contributed by atoms with Gasteiger partial charge < -0.3 is 9.63 Å². The zero-order valence-corrected chi connectivity index (χ0v) is 12.8. The molecule has 112 valence electrons. The van der Waals surface area contributed by atoms with Crippen molar-refractivity contribution in [2.45, 2.75) is 6.61 Å². The van der Waals surface area contributed by atoms with E-state index in [0.717, 1.165) is 16.6 Å². The molecule has 0 fully saturated rings. The fourth-order valence-corrected chi connectivity index (χ4v) is 2.47. The highest BCUT2D eigenvalue weighted by molar-refractivity contribution is 9.10. The van der Waals surface area contributed by atoms with Gasteiger partial charge in [0.05, 0.1) is 17.7 Å². The average Bonchev–Trinajstić information content (AvgIpc) is 2.91. The second-order valence-electron chi connectivity index (χ2n) is 4.60. The Morgan fingerprint density at radius 1 is 1.05 bits per heavy atom. The summed E-state index contributed by atoms with van der Waals surface area (Å²) in [6, 6.07) is 10.6. The third-order valence-corrected chi connectivity index (χ3v) is 3.78. The fourth-order valence-electron chi connectivity index (χ4n) is 2.20. The minimum atomic E-state index is -0.770. The van der Waals surface area contributed by atoms with Gasteiger partial charge >= 0.3 is 0 Å². The molecule has 6 heteroatoms. The molecule has 0 aliphatic rings. The first-order chi connectivity index (χ1) is 10.6. The molecule has 0 aliphatic heterocycles. The molecule has 0 aliphatic carbocycles. The summed E-state index contributed by atoms with van der Waals surface area (Å²) in [4.78, 5) is 0. The molecule has 1 heterocycles. The van der Waals surface area contributed by atoms with Crippen LogP contribution in [0.5, 0.6) is 0 Å². The molecule has 0 saturated carbocycles. The SMILES string of the molecule is OCc1c(-c2ccc(Br)cc2)noc1-c1c(F)cccc1F. The minimum absolute atomic E-state index is 0.101. The van der Waals surface area contributed by atoms with Crippen molar-refractivity contribution in [3.8, 4) is 22.6 Å². The van der Waals surface area contributed by atoms with Crippen LogP contribution < -0.4 is 0 Å². The summed E-state index contributed by atoms with van der Waals surface area (Å²) in [6.45, 7) is -0.446.